The minimum atomic E-state index is -0.894. The predicted molar refractivity (Wildman–Crippen MR) is 419 cm³/mol. The Morgan fingerprint density at radius 1 is 0.741 bits per heavy atom. The number of aliphatic hydroxyl groups is 1. The van der Waals surface area contributed by atoms with Crippen molar-refractivity contribution in [2.75, 3.05) is 123 Å². The van der Waals surface area contributed by atoms with Crippen molar-refractivity contribution < 1.29 is 61.7 Å². The average molecular weight is 1560 g/mol. The largest absolute Gasteiger partial charge is 0.448 e. The summed E-state index contributed by atoms with van der Waals surface area (Å²) < 4.78 is 47.4. The number of anilines is 1. The molecular weight excluding hydrogens is 1450 g/mol. The highest BCUT2D eigenvalue weighted by molar-refractivity contribution is 6.30. The summed E-state index contributed by atoms with van der Waals surface area (Å²) in [6.07, 6.45) is 9.32. The van der Waals surface area contributed by atoms with Gasteiger partial charge in [-0.1, -0.05) is 117 Å². The quantitative estimate of drug-likeness (QED) is 0.0440. The van der Waals surface area contributed by atoms with Crippen LogP contribution in [0.2, 0.25) is 5.02 Å². The SMILES string of the molecule is C[C@@H]1C[C@@H](O)c2ncnc(N3CCN(C(=O)[C@H](CN(CCNC(=O)CNC45CCC(CN6CCN(C(=O)[C@H](NC(=O)c7cccc(C8CCCN(C(=O)CN(Cc9ccc(F)cc9F)C(=O)OC(C)(C)C)C8)c7)C7CCCCC7)CC6)(CC4)OC5)C(=O)OCC4c5ccccc5-c5ccccc54)c4ccc(Cl)cc4)CC3)c21. The minimum Gasteiger partial charge on any atom is -0.448 e. The molecule has 1 aromatic heterocycles. The zero-order valence-corrected chi connectivity index (χ0v) is 65.5. The van der Waals surface area contributed by atoms with Gasteiger partial charge in [-0.2, -0.15) is 0 Å². The van der Waals surface area contributed by atoms with Crippen molar-refractivity contribution in [1.82, 2.24) is 55.3 Å². The summed E-state index contributed by atoms with van der Waals surface area (Å²) in [4.78, 5) is 122. The molecule has 6 aromatic rings. The first kappa shape index (κ1) is 79.5. The molecule has 4 aliphatic carbocycles. The lowest BCUT2D eigenvalue weighted by molar-refractivity contribution is -0.173. The first-order valence-electron chi connectivity index (χ1n) is 40.1. The number of piperidine rings is 1. The van der Waals surface area contributed by atoms with E-state index in [1.54, 1.807) is 43.9 Å². The molecule has 5 atom stereocenters. The highest BCUT2D eigenvalue weighted by Gasteiger charge is 2.51. The molecule has 2 saturated carbocycles. The lowest BCUT2D eigenvalue weighted by Gasteiger charge is -2.55. The Bertz CT molecular complexity index is 4340. The molecule has 7 fully saturated rings. The molecule has 1 unspecified atom stereocenters. The number of benzene rings is 5. The summed E-state index contributed by atoms with van der Waals surface area (Å²) in [6.45, 7) is 12.7. The number of amides is 7. The number of nitrogens with one attached hydrogen (secondary N) is 3. The number of halogens is 3. The smallest absolute Gasteiger partial charge is 0.411 e. The van der Waals surface area contributed by atoms with E-state index in [1.807, 2.05) is 64.4 Å². The van der Waals surface area contributed by atoms with Crippen LogP contribution in [0.25, 0.3) is 11.1 Å². The molecule has 596 valence electrons. The molecule has 5 aliphatic heterocycles. The molecule has 4 N–H and O–H groups in total. The van der Waals surface area contributed by atoms with E-state index in [2.05, 4.69) is 66.9 Å². The molecule has 112 heavy (non-hydrogen) atoms. The van der Waals surface area contributed by atoms with Gasteiger partial charge in [-0.3, -0.25) is 33.8 Å². The summed E-state index contributed by atoms with van der Waals surface area (Å²) in [5.74, 6) is -3.07. The molecule has 6 heterocycles. The number of ether oxygens (including phenoxy) is 3. The molecule has 5 saturated heterocycles. The molecule has 7 amide bonds. The summed E-state index contributed by atoms with van der Waals surface area (Å²) >= 11 is 6.45. The van der Waals surface area contributed by atoms with E-state index in [4.69, 9.17) is 25.8 Å². The van der Waals surface area contributed by atoms with Crippen LogP contribution in [0.3, 0.4) is 0 Å². The van der Waals surface area contributed by atoms with Crippen LogP contribution in [-0.2, 0) is 39.9 Å². The number of rotatable bonds is 24. The first-order chi connectivity index (χ1) is 53.9. The minimum absolute atomic E-state index is 0.0176. The van der Waals surface area contributed by atoms with E-state index in [0.29, 0.717) is 113 Å². The number of aromatic nitrogens is 2. The Hall–Kier alpha value is -9.14. The van der Waals surface area contributed by atoms with Crippen molar-refractivity contribution >= 4 is 59.1 Å². The van der Waals surface area contributed by atoms with Crippen molar-refractivity contribution in [2.24, 2.45) is 5.92 Å². The van der Waals surface area contributed by atoms with Crippen LogP contribution in [0.1, 0.15) is 184 Å². The number of carbonyl (C=O) groups is 7. The normalized spacial score (nSPS) is 22.4. The van der Waals surface area contributed by atoms with E-state index >= 15 is 4.79 Å². The Balaban J connectivity index is 0.565. The standard InChI is InChI=1S/C86H105ClF2N12O11/c1-56-44-72(102)77-75(56)78(92-55-91-77)96-40-42-97(43-41-96)80(106)69(57-23-26-63(87)27-24-57)50-100(82(108)110-52-70-67-21-10-8-19-65(67)66-20-9-11-22-68(66)70)35-33-90-73(103)47-93-85-29-31-86(32-30-85,111-54-85)53-95-36-38-98(39-37-95)81(107)76(58-14-6-5-7-15-58)94-79(105)60-17-12-16-59(45-60)61-18-13-34-99(48-61)74(104)51-101(83(109)112-84(2,3)4)49-62-25-28-64(88)46-71(62)89/h8-12,16-17,19-28,45-46,55-56,58,61,69-70,72,76,93,102H,5-7,13-15,18,29-44,47-54H2,1-4H3,(H,90,103)(H,94,105)/t56-,61?,69-,72-,76-,85?,86?/m1/s1. The van der Waals surface area contributed by atoms with Crippen LogP contribution in [0.15, 0.2) is 122 Å². The van der Waals surface area contributed by atoms with Gasteiger partial charge in [-0.15, -0.1) is 0 Å². The zero-order chi connectivity index (χ0) is 78.4. The van der Waals surface area contributed by atoms with E-state index in [1.165, 1.54) is 17.3 Å². The number of hydrogen-bond donors (Lipinski definition) is 4. The summed E-state index contributed by atoms with van der Waals surface area (Å²) in [6, 6.07) is 33.2. The van der Waals surface area contributed by atoms with Gasteiger partial charge in [0.25, 0.3) is 5.91 Å². The van der Waals surface area contributed by atoms with Crippen LogP contribution in [0.4, 0.5) is 24.2 Å². The third-order valence-corrected chi connectivity index (χ3v) is 24.7. The number of fused-ring (bicyclic) bond motifs is 7. The molecule has 0 spiro atoms. The molecule has 2 bridgehead atoms. The topological polar surface area (TPSA) is 252 Å². The maximum absolute atomic E-state index is 15.1. The predicted octanol–water partition coefficient (Wildman–Crippen LogP) is 11.1. The van der Waals surface area contributed by atoms with E-state index in [0.717, 1.165) is 120 Å². The van der Waals surface area contributed by atoms with E-state index < -0.39 is 53.0 Å². The number of likely N-dealkylation sites (tertiary alicyclic amines) is 1. The Labute approximate surface area is 659 Å². The Morgan fingerprint density at radius 3 is 2.12 bits per heavy atom. The van der Waals surface area contributed by atoms with Gasteiger partial charge >= 0.3 is 12.2 Å². The van der Waals surface area contributed by atoms with E-state index in [9.17, 15) is 42.7 Å². The van der Waals surface area contributed by atoms with Gasteiger partial charge in [0.1, 0.15) is 48.6 Å². The van der Waals surface area contributed by atoms with Crippen molar-refractivity contribution in [2.45, 2.75) is 164 Å². The first-order valence-corrected chi connectivity index (χ1v) is 40.5. The molecule has 26 heteroatoms. The number of hydrogen-bond acceptors (Lipinski definition) is 16. The monoisotopic (exact) mass is 1550 g/mol. The Kier molecular flexibility index (Phi) is 24.6. The van der Waals surface area contributed by atoms with Crippen molar-refractivity contribution in [3.63, 3.8) is 0 Å². The Morgan fingerprint density at radius 2 is 1.44 bits per heavy atom. The molecule has 15 rings (SSSR count). The van der Waals surface area contributed by atoms with Crippen LogP contribution >= 0.6 is 11.6 Å². The van der Waals surface area contributed by atoms with Crippen molar-refractivity contribution in [3.05, 3.63) is 183 Å². The highest BCUT2D eigenvalue weighted by Crippen LogP contribution is 2.47. The number of carbonyl (C=O) groups excluding carboxylic acids is 7. The lowest BCUT2D eigenvalue weighted by atomic mass is 9.71. The second-order valence-corrected chi connectivity index (χ2v) is 33.5. The molecule has 9 aliphatic rings. The van der Waals surface area contributed by atoms with Crippen LogP contribution in [-0.4, -0.2) is 227 Å². The van der Waals surface area contributed by atoms with Gasteiger partial charge in [0.15, 0.2) is 0 Å². The number of nitrogens with zero attached hydrogens (tertiary/aromatic N) is 9. The van der Waals surface area contributed by atoms with E-state index in [-0.39, 0.29) is 110 Å². The fourth-order valence-corrected chi connectivity index (χ4v) is 18.3. The number of piperazine rings is 2. The van der Waals surface area contributed by atoms with Gasteiger partial charge < -0.3 is 59.8 Å². The highest BCUT2D eigenvalue weighted by atomic mass is 35.5. The summed E-state index contributed by atoms with van der Waals surface area (Å²) in [5.41, 5.74) is 6.26. The van der Waals surface area contributed by atoms with Gasteiger partial charge in [0.2, 0.25) is 23.6 Å². The fourth-order valence-electron chi connectivity index (χ4n) is 18.2. The van der Waals surface area contributed by atoms with Gasteiger partial charge in [0, 0.05) is 137 Å². The third-order valence-electron chi connectivity index (χ3n) is 24.5. The maximum atomic E-state index is 15.1. The number of aliphatic hydroxyl groups excluding tert-OH is 1. The molecule has 5 aromatic carbocycles. The van der Waals surface area contributed by atoms with Crippen LogP contribution in [0, 0.1) is 17.6 Å². The lowest BCUT2D eigenvalue weighted by Crippen LogP contribution is -2.66. The fraction of sp³-hybridized carbons (Fsp3) is 0.523. The zero-order valence-electron chi connectivity index (χ0n) is 64.7. The molecule has 23 nitrogen and oxygen atoms in total. The van der Waals surface area contributed by atoms with Gasteiger partial charge in [-0.25, -0.2) is 28.3 Å². The average Bonchev–Trinajstić information content (AvgIpc) is 1.70. The third kappa shape index (κ3) is 18.4. The van der Waals surface area contributed by atoms with Crippen molar-refractivity contribution in [3.8, 4) is 11.1 Å². The second kappa shape index (κ2) is 34.7. The van der Waals surface area contributed by atoms with Crippen LogP contribution < -0.4 is 20.9 Å². The van der Waals surface area contributed by atoms with Gasteiger partial charge in [-0.05, 0) is 154 Å². The summed E-state index contributed by atoms with van der Waals surface area (Å²) in [7, 11) is 0. The molecular formula is C86H105ClF2N12O11. The second-order valence-electron chi connectivity index (χ2n) is 33.1. The van der Waals surface area contributed by atoms with Crippen LogP contribution in [0.5, 0.6) is 0 Å². The van der Waals surface area contributed by atoms with Crippen molar-refractivity contribution in [1.29, 1.82) is 0 Å². The maximum Gasteiger partial charge on any atom is 0.411 e. The van der Waals surface area contributed by atoms with Gasteiger partial charge in [0.05, 0.1) is 43.0 Å². The summed E-state index contributed by atoms with van der Waals surface area (Å²) in [5, 5.41) is 21.1. The molecule has 0 radical (unpaired) electrons.